The molecule has 90 valence electrons. The Balaban J connectivity index is 3.46. The summed E-state index contributed by atoms with van der Waals surface area (Å²) in [4.78, 5) is 13.3. The molecule has 0 aromatic rings. The molecule has 5 nitrogen and oxygen atoms in total. The molecule has 0 aliphatic heterocycles. The smallest absolute Gasteiger partial charge is 0.234 e. The first-order valence-electron chi connectivity index (χ1n) is 5.32. The van der Waals surface area contributed by atoms with E-state index >= 15 is 0 Å². The third-order valence-electron chi connectivity index (χ3n) is 1.74. The van der Waals surface area contributed by atoms with Gasteiger partial charge in [-0.05, 0) is 20.9 Å². The zero-order chi connectivity index (χ0) is 11.7. The monoisotopic (exact) mass is 217 g/mol. The van der Waals surface area contributed by atoms with Crippen LogP contribution in [0.4, 0.5) is 0 Å². The Morgan fingerprint density at radius 3 is 2.67 bits per heavy atom. The lowest BCUT2D eigenvalue weighted by Gasteiger charge is -2.17. The van der Waals surface area contributed by atoms with Crippen LogP contribution in [-0.2, 0) is 9.53 Å². The molecule has 0 aliphatic rings. The van der Waals surface area contributed by atoms with Gasteiger partial charge < -0.3 is 15.8 Å². The van der Waals surface area contributed by atoms with E-state index in [0.717, 1.165) is 6.54 Å². The summed E-state index contributed by atoms with van der Waals surface area (Å²) in [6, 6.07) is 0.194. The van der Waals surface area contributed by atoms with Gasteiger partial charge in [-0.1, -0.05) is 0 Å². The maximum Gasteiger partial charge on any atom is 0.234 e. The number of nitrogens with two attached hydrogens (primary N) is 1. The fraction of sp³-hybridized carbons (Fsp3) is 0.900. The summed E-state index contributed by atoms with van der Waals surface area (Å²) >= 11 is 0. The third-order valence-corrected chi connectivity index (χ3v) is 1.74. The molecule has 0 radical (unpaired) electrons. The van der Waals surface area contributed by atoms with E-state index in [1.54, 1.807) is 0 Å². The number of nitrogens with one attached hydrogen (secondary N) is 1. The Morgan fingerprint density at radius 2 is 2.13 bits per heavy atom. The number of carbonyl (C=O) groups excluding carboxylic acids is 1. The quantitative estimate of drug-likeness (QED) is 0.534. The van der Waals surface area contributed by atoms with Crippen molar-refractivity contribution in [2.75, 3.05) is 39.9 Å². The first-order chi connectivity index (χ1) is 7.06. The summed E-state index contributed by atoms with van der Waals surface area (Å²) in [6.07, 6.45) is 0. The van der Waals surface area contributed by atoms with E-state index in [1.807, 2.05) is 25.8 Å². The molecular formula is C10H23N3O2. The molecule has 3 N–H and O–H groups in total. The van der Waals surface area contributed by atoms with Crippen LogP contribution in [0.25, 0.3) is 0 Å². The van der Waals surface area contributed by atoms with E-state index in [1.165, 1.54) is 0 Å². The predicted octanol–water partition coefficient (Wildman–Crippen LogP) is -0.582. The Hall–Kier alpha value is -0.650. The zero-order valence-corrected chi connectivity index (χ0v) is 9.95. The number of likely N-dealkylation sites (N-methyl/N-ethyl adjacent to an activating group) is 1. The Labute approximate surface area is 91.9 Å². The van der Waals surface area contributed by atoms with E-state index in [2.05, 4.69) is 5.32 Å². The van der Waals surface area contributed by atoms with Crippen LogP contribution in [0.3, 0.4) is 0 Å². The molecule has 0 saturated carbocycles. The molecule has 0 saturated heterocycles. The lowest BCUT2D eigenvalue weighted by atomic mass is 10.4. The number of nitrogens with zero attached hydrogens (tertiary/aromatic N) is 1. The molecule has 0 spiro atoms. The second-order valence-electron chi connectivity index (χ2n) is 3.86. The molecular weight excluding hydrogens is 194 g/mol. The summed E-state index contributed by atoms with van der Waals surface area (Å²) in [7, 11) is 1.89. The van der Waals surface area contributed by atoms with Gasteiger partial charge in [0.05, 0.1) is 19.8 Å². The van der Waals surface area contributed by atoms with Crippen LogP contribution in [0.2, 0.25) is 0 Å². The zero-order valence-electron chi connectivity index (χ0n) is 9.95. The molecule has 0 heterocycles. The molecule has 0 rings (SSSR count). The van der Waals surface area contributed by atoms with Gasteiger partial charge >= 0.3 is 0 Å². The lowest BCUT2D eigenvalue weighted by molar-refractivity contribution is -0.122. The second kappa shape index (κ2) is 8.64. The number of hydrogen-bond donors (Lipinski definition) is 2. The highest BCUT2D eigenvalue weighted by Crippen LogP contribution is 1.85. The van der Waals surface area contributed by atoms with Gasteiger partial charge in [0, 0.05) is 19.1 Å². The van der Waals surface area contributed by atoms with Crippen LogP contribution >= 0.6 is 0 Å². The average molecular weight is 217 g/mol. The van der Waals surface area contributed by atoms with Crippen molar-refractivity contribution in [2.45, 2.75) is 19.9 Å². The molecule has 0 unspecified atom stereocenters. The first kappa shape index (κ1) is 14.3. The summed E-state index contributed by atoms with van der Waals surface area (Å²) < 4.78 is 5.22. The fourth-order valence-corrected chi connectivity index (χ4v) is 1.10. The topological polar surface area (TPSA) is 67.6 Å². The van der Waals surface area contributed by atoms with Gasteiger partial charge in [-0.2, -0.15) is 0 Å². The van der Waals surface area contributed by atoms with E-state index in [4.69, 9.17) is 10.5 Å². The molecule has 5 heteroatoms. The van der Waals surface area contributed by atoms with E-state index in [9.17, 15) is 4.79 Å². The highest BCUT2D eigenvalue weighted by atomic mass is 16.5. The van der Waals surface area contributed by atoms with E-state index in [-0.39, 0.29) is 11.9 Å². The number of amides is 1. The highest BCUT2D eigenvalue weighted by molar-refractivity contribution is 5.78. The van der Waals surface area contributed by atoms with E-state index in [0.29, 0.717) is 26.3 Å². The van der Waals surface area contributed by atoms with Crippen molar-refractivity contribution in [2.24, 2.45) is 5.73 Å². The van der Waals surface area contributed by atoms with Gasteiger partial charge in [-0.3, -0.25) is 9.69 Å². The minimum absolute atomic E-state index is 0.0475. The Bertz CT molecular complexity index is 174. The van der Waals surface area contributed by atoms with Crippen molar-refractivity contribution in [3.05, 3.63) is 0 Å². The van der Waals surface area contributed by atoms with Gasteiger partial charge in [0.2, 0.25) is 5.91 Å². The highest BCUT2D eigenvalue weighted by Gasteiger charge is 2.06. The van der Waals surface area contributed by atoms with Crippen LogP contribution in [0, 0.1) is 0 Å². The molecule has 0 atom stereocenters. The molecule has 15 heavy (non-hydrogen) atoms. The maximum atomic E-state index is 11.3. The van der Waals surface area contributed by atoms with Crippen LogP contribution in [0.5, 0.6) is 0 Å². The predicted molar refractivity (Wildman–Crippen MR) is 60.6 cm³/mol. The normalized spacial score (nSPS) is 11.1. The largest absolute Gasteiger partial charge is 0.379 e. The Morgan fingerprint density at radius 1 is 1.47 bits per heavy atom. The lowest BCUT2D eigenvalue weighted by Crippen LogP contribution is -2.39. The summed E-state index contributed by atoms with van der Waals surface area (Å²) in [5.41, 5.74) is 5.28. The minimum atomic E-state index is 0.0475. The van der Waals surface area contributed by atoms with Crippen LogP contribution in [0.1, 0.15) is 13.8 Å². The SMILES string of the molecule is CC(C)NC(=O)CN(C)CCOCCN. The Kier molecular flexibility index (Phi) is 8.27. The molecule has 1 amide bonds. The number of hydrogen-bond acceptors (Lipinski definition) is 4. The van der Waals surface area contributed by atoms with Gasteiger partial charge in [-0.25, -0.2) is 0 Å². The fourth-order valence-electron chi connectivity index (χ4n) is 1.10. The summed E-state index contributed by atoms with van der Waals surface area (Å²) in [5, 5.41) is 2.83. The van der Waals surface area contributed by atoms with Crippen molar-refractivity contribution in [1.29, 1.82) is 0 Å². The van der Waals surface area contributed by atoms with Crippen molar-refractivity contribution in [3.8, 4) is 0 Å². The van der Waals surface area contributed by atoms with Gasteiger partial charge in [-0.15, -0.1) is 0 Å². The van der Waals surface area contributed by atoms with Crippen LogP contribution < -0.4 is 11.1 Å². The van der Waals surface area contributed by atoms with Crippen molar-refractivity contribution >= 4 is 5.91 Å². The van der Waals surface area contributed by atoms with Gasteiger partial charge in [0.25, 0.3) is 0 Å². The molecule has 0 aromatic heterocycles. The van der Waals surface area contributed by atoms with Gasteiger partial charge in [0.15, 0.2) is 0 Å². The molecule has 0 aliphatic carbocycles. The molecule has 0 bridgehead atoms. The summed E-state index contributed by atoms with van der Waals surface area (Å²) in [5.74, 6) is 0.0475. The minimum Gasteiger partial charge on any atom is -0.379 e. The summed E-state index contributed by atoms with van der Waals surface area (Å²) in [6.45, 7) is 6.77. The molecule has 0 fully saturated rings. The average Bonchev–Trinajstić information content (AvgIpc) is 2.10. The van der Waals surface area contributed by atoms with Crippen LogP contribution in [-0.4, -0.2) is 56.7 Å². The van der Waals surface area contributed by atoms with E-state index < -0.39 is 0 Å². The third kappa shape index (κ3) is 9.65. The van der Waals surface area contributed by atoms with Crippen LogP contribution in [0.15, 0.2) is 0 Å². The van der Waals surface area contributed by atoms with Crippen molar-refractivity contribution < 1.29 is 9.53 Å². The number of carbonyl (C=O) groups is 1. The standard InChI is InChI=1S/C10H23N3O2/c1-9(2)12-10(14)8-13(3)5-7-15-6-4-11/h9H,4-8,11H2,1-3H3,(H,12,14). The molecule has 0 aromatic carbocycles. The van der Waals surface area contributed by atoms with Crippen molar-refractivity contribution in [1.82, 2.24) is 10.2 Å². The number of rotatable bonds is 8. The first-order valence-corrected chi connectivity index (χ1v) is 5.32. The van der Waals surface area contributed by atoms with Gasteiger partial charge in [0.1, 0.15) is 0 Å². The second-order valence-corrected chi connectivity index (χ2v) is 3.86. The number of ether oxygens (including phenoxy) is 1. The maximum absolute atomic E-state index is 11.3. The van der Waals surface area contributed by atoms with Crippen molar-refractivity contribution in [3.63, 3.8) is 0 Å².